The maximum absolute atomic E-state index is 5.22. The van der Waals surface area contributed by atoms with Gasteiger partial charge >= 0.3 is 0 Å². The molecule has 3 heterocycles. The molecule has 0 saturated carbocycles. The highest BCUT2D eigenvalue weighted by atomic mass is 32.2. The van der Waals surface area contributed by atoms with Gasteiger partial charge in [0.25, 0.3) is 0 Å². The third-order valence-corrected chi connectivity index (χ3v) is 5.18. The summed E-state index contributed by atoms with van der Waals surface area (Å²) in [4.78, 5) is 11.5. The summed E-state index contributed by atoms with van der Waals surface area (Å²) in [6.07, 6.45) is 1.05. The van der Waals surface area contributed by atoms with E-state index in [1.54, 1.807) is 23.1 Å². The van der Waals surface area contributed by atoms with Crippen molar-refractivity contribution in [3.05, 3.63) is 10.9 Å². The highest BCUT2D eigenvalue weighted by molar-refractivity contribution is 8.00. The number of hydrogen-bond acceptors (Lipinski definition) is 6. The van der Waals surface area contributed by atoms with Crippen LogP contribution in [0.4, 0.5) is 5.95 Å². The Bertz CT molecular complexity index is 566. The summed E-state index contributed by atoms with van der Waals surface area (Å²) < 4.78 is 5.22. The van der Waals surface area contributed by atoms with E-state index in [1.807, 2.05) is 7.05 Å². The van der Waals surface area contributed by atoms with Gasteiger partial charge in [0.2, 0.25) is 5.95 Å². The molecule has 0 atom stereocenters. The van der Waals surface area contributed by atoms with Crippen LogP contribution in [0.5, 0.6) is 0 Å². The number of anilines is 1. The van der Waals surface area contributed by atoms with Crippen molar-refractivity contribution >= 4 is 39.3 Å². The molecule has 0 bridgehead atoms. The topological polar surface area (TPSA) is 47.0 Å². The Kier molecular flexibility index (Phi) is 3.41. The van der Waals surface area contributed by atoms with Gasteiger partial charge in [0.05, 0.1) is 18.5 Å². The van der Waals surface area contributed by atoms with Crippen LogP contribution in [-0.4, -0.2) is 35.5 Å². The standard InChI is InChI=1S/C12H15N3OS2/c1-3-7-4-9-10(17-7)14-12(13-2)15-11(9)18-8-5-16-6-8/h4,8H,3,5-6H2,1-2H3,(H,13,14,15). The highest BCUT2D eigenvalue weighted by Gasteiger charge is 2.22. The van der Waals surface area contributed by atoms with Gasteiger partial charge in [0, 0.05) is 17.3 Å². The number of thioether (sulfide) groups is 1. The van der Waals surface area contributed by atoms with Crippen molar-refractivity contribution in [3.63, 3.8) is 0 Å². The Morgan fingerprint density at radius 3 is 2.94 bits per heavy atom. The smallest absolute Gasteiger partial charge is 0.224 e. The molecule has 1 aliphatic rings. The van der Waals surface area contributed by atoms with Crippen molar-refractivity contribution in [1.29, 1.82) is 0 Å². The summed E-state index contributed by atoms with van der Waals surface area (Å²) in [6.45, 7) is 3.83. The molecule has 1 fully saturated rings. The number of hydrogen-bond donors (Lipinski definition) is 1. The van der Waals surface area contributed by atoms with Crippen LogP contribution in [0.3, 0.4) is 0 Å². The number of nitrogens with zero attached hydrogens (tertiary/aromatic N) is 2. The quantitative estimate of drug-likeness (QED) is 0.873. The summed E-state index contributed by atoms with van der Waals surface area (Å²) >= 11 is 3.56. The van der Waals surface area contributed by atoms with Gasteiger partial charge in [-0.2, -0.15) is 0 Å². The number of aryl methyl sites for hydroxylation is 1. The molecule has 0 aliphatic carbocycles. The minimum atomic E-state index is 0.540. The minimum absolute atomic E-state index is 0.540. The Balaban J connectivity index is 2.04. The molecule has 0 aromatic carbocycles. The van der Waals surface area contributed by atoms with E-state index in [1.165, 1.54) is 10.3 Å². The Labute approximate surface area is 114 Å². The lowest BCUT2D eigenvalue weighted by molar-refractivity contribution is 0.0455. The lowest BCUT2D eigenvalue weighted by Crippen LogP contribution is -2.30. The molecule has 96 valence electrons. The molecule has 0 unspecified atom stereocenters. The van der Waals surface area contributed by atoms with Crippen molar-refractivity contribution in [2.24, 2.45) is 0 Å². The zero-order valence-electron chi connectivity index (χ0n) is 10.4. The lowest BCUT2D eigenvalue weighted by atomic mass is 10.3. The number of thiophene rings is 1. The monoisotopic (exact) mass is 281 g/mol. The number of fused-ring (bicyclic) bond motifs is 1. The van der Waals surface area contributed by atoms with E-state index >= 15 is 0 Å². The summed E-state index contributed by atoms with van der Waals surface area (Å²) in [5, 5.41) is 5.84. The van der Waals surface area contributed by atoms with Gasteiger partial charge in [-0.1, -0.05) is 18.7 Å². The molecule has 2 aromatic heterocycles. The number of aromatic nitrogens is 2. The third-order valence-electron chi connectivity index (χ3n) is 2.87. The van der Waals surface area contributed by atoms with Gasteiger partial charge in [-0.3, -0.25) is 0 Å². The van der Waals surface area contributed by atoms with E-state index in [2.05, 4.69) is 28.3 Å². The number of ether oxygens (including phenoxy) is 1. The van der Waals surface area contributed by atoms with Crippen LogP contribution in [0.25, 0.3) is 10.2 Å². The highest BCUT2D eigenvalue weighted by Crippen LogP contribution is 2.36. The van der Waals surface area contributed by atoms with Gasteiger partial charge in [0.15, 0.2) is 0 Å². The van der Waals surface area contributed by atoms with Gasteiger partial charge in [-0.25, -0.2) is 9.97 Å². The molecule has 3 rings (SSSR count). The summed E-state index contributed by atoms with van der Waals surface area (Å²) in [5.41, 5.74) is 0. The largest absolute Gasteiger partial charge is 0.379 e. The van der Waals surface area contributed by atoms with E-state index in [9.17, 15) is 0 Å². The van der Waals surface area contributed by atoms with Crippen molar-refractivity contribution in [2.45, 2.75) is 23.6 Å². The van der Waals surface area contributed by atoms with Crippen LogP contribution < -0.4 is 5.32 Å². The Morgan fingerprint density at radius 2 is 2.33 bits per heavy atom. The minimum Gasteiger partial charge on any atom is -0.379 e. The van der Waals surface area contributed by atoms with Crippen molar-refractivity contribution in [3.8, 4) is 0 Å². The molecule has 1 aliphatic heterocycles. The predicted molar refractivity (Wildman–Crippen MR) is 76.8 cm³/mol. The molecule has 4 nitrogen and oxygen atoms in total. The van der Waals surface area contributed by atoms with Crippen LogP contribution in [0.2, 0.25) is 0 Å². The fraction of sp³-hybridized carbons (Fsp3) is 0.500. The number of nitrogens with one attached hydrogen (secondary N) is 1. The van der Waals surface area contributed by atoms with Crippen LogP contribution in [-0.2, 0) is 11.2 Å². The third kappa shape index (κ3) is 2.20. The van der Waals surface area contributed by atoms with Crippen molar-refractivity contribution < 1.29 is 4.74 Å². The summed E-state index contributed by atoms with van der Waals surface area (Å²) in [5.74, 6) is 0.703. The molecule has 1 saturated heterocycles. The van der Waals surface area contributed by atoms with Crippen LogP contribution in [0, 0.1) is 0 Å². The molecule has 18 heavy (non-hydrogen) atoms. The maximum atomic E-state index is 5.22. The Hall–Kier alpha value is -0.850. The first-order chi connectivity index (χ1) is 8.80. The average Bonchev–Trinajstić information content (AvgIpc) is 2.76. The van der Waals surface area contributed by atoms with Crippen LogP contribution >= 0.6 is 23.1 Å². The molecule has 1 N–H and O–H groups in total. The van der Waals surface area contributed by atoms with E-state index < -0.39 is 0 Å². The van der Waals surface area contributed by atoms with Crippen molar-refractivity contribution in [1.82, 2.24) is 9.97 Å². The first kappa shape index (κ1) is 12.2. The SMILES string of the molecule is CCc1cc2c(SC3COC3)nc(NC)nc2s1. The fourth-order valence-corrected chi connectivity index (χ4v) is 3.86. The molecule has 0 amide bonds. The second kappa shape index (κ2) is 5.03. The zero-order valence-corrected chi connectivity index (χ0v) is 12.0. The van der Waals surface area contributed by atoms with E-state index in [-0.39, 0.29) is 0 Å². The molecule has 0 spiro atoms. The van der Waals surface area contributed by atoms with Gasteiger partial charge < -0.3 is 10.1 Å². The van der Waals surface area contributed by atoms with Gasteiger partial charge in [-0.05, 0) is 12.5 Å². The molecule has 2 aromatic rings. The van der Waals surface area contributed by atoms with Crippen molar-refractivity contribution in [2.75, 3.05) is 25.6 Å². The van der Waals surface area contributed by atoms with E-state index in [0.717, 1.165) is 29.5 Å². The summed E-state index contributed by atoms with van der Waals surface area (Å²) in [7, 11) is 1.86. The number of rotatable bonds is 4. The zero-order chi connectivity index (χ0) is 12.5. The second-order valence-corrected chi connectivity index (χ2v) is 6.57. The normalized spacial score (nSPS) is 15.9. The second-order valence-electron chi connectivity index (χ2n) is 4.16. The van der Waals surface area contributed by atoms with E-state index in [0.29, 0.717) is 11.2 Å². The molecule has 0 radical (unpaired) electrons. The molecular formula is C12H15N3OS2. The summed E-state index contributed by atoms with van der Waals surface area (Å²) in [6, 6.07) is 2.22. The molecular weight excluding hydrogens is 266 g/mol. The lowest BCUT2D eigenvalue weighted by Gasteiger charge is -2.24. The van der Waals surface area contributed by atoms with E-state index in [4.69, 9.17) is 4.74 Å². The first-order valence-electron chi connectivity index (χ1n) is 6.02. The predicted octanol–water partition coefficient (Wildman–Crippen LogP) is 2.79. The van der Waals surface area contributed by atoms with Crippen LogP contribution in [0.15, 0.2) is 11.1 Å². The first-order valence-corrected chi connectivity index (χ1v) is 7.72. The maximum Gasteiger partial charge on any atom is 0.224 e. The van der Waals surface area contributed by atoms with Gasteiger partial charge in [0.1, 0.15) is 9.86 Å². The molecule has 6 heteroatoms. The van der Waals surface area contributed by atoms with Gasteiger partial charge in [-0.15, -0.1) is 11.3 Å². The Morgan fingerprint density at radius 1 is 1.50 bits per heavy atom. The van der Waals surface area contributed by atoms with Crippen LogP contribution in [0.1, 0.15) is 11.8 Å². The average molecular weight is 281 g/mol. The fourth-order valence-electron chi connectivity index (χ4n) is 1.76.